The van der Waals surface area contributed by atoms with Gasteiger partial charge in [0.1, 0.15) is 17.3 Å². The highest BCUT2D eigenvalue weighted by Crippen LogP contribution is 2.21. The molecular formula is C12H15N5O2. The van der Waals surface area contributed by atoms with Crippen LogP contribution in [0, 0.1) is 10.1 Å². The molecule has 0 radical (unpaired) electrons. The van der Waals surface area contributed by atoms with Crippen molar-refractivity contribution in [3.8, 4) is 0 Å². The molecule has 0 aromatic carbocycles. The predicted molar refractivity (Wildman–Crippen MR) is 71.1 cm³/mol. The molecule has 19 heavy (non-hydrogen) atoms. The van der Waals surface area contributed by atoms with E-state index in [4.69, 9.17) is 0 Å². The standard InChI is InChI=1S/C12H15N5O2/c1-3-16-7-6-14-12(16)8-9-10(17(18)19)4-5-11(13-2)15-9/h4-7H,3,8H2,1-2H3,(H,13,15). The van der Waals surface area contributed by atoms with Crippen molar-refractivity contribution in [1.82, 2.24) is 14.5 Å². The van der Waals surface area contributed by atoms with Gasteiger partial charge >= 0.3 is 0 Å². The van der Waals surface area contributed by atoms with Crippen molar-refractivity contribution in [2.75, 3.05) is 12.4 Å². The summed E-state index contributed by atoms with van der Waals surface area (Å²) in [6.45, 7) is 2.77. The predicted octanol–water partition coefficient (Wildman–Crippen LogP) is 1.84. The van der Waals surface area contributed by atoms with Crippen LogP contribution >= 0.6 is 0 Å². The minimum Gasteiger partial charge on any atom is -0.373 e. The molecule has 0 unspecified atom stereocenters. The third-order valence-electron chi connectivity index (χ3n) is 2.87. The highest BCUT2D eigenvalue weighted by Gasteiger charge is 2.17. The van der Waals surface area contributed by atoms with Crippen LogP contribution in [0.1, 0.15) is 18.4 Å². The number of pyridine rings is 1. The fraction of sp³-hybridized carbons (Fsp3) is 0.333. The maximum absolute atomic E-state index is 11.0. The van der Waals surface area contributed by atoms with E-state index >= 15 is 0 Å². The van der Waals surface area contributed by atoms with E-state index in [0.717, 1.165) is 12.4 Å². The lowest BCUT2D eigenvalue weighted by molar-refractivity contribution is -0.385. The Bertz CT molecular complexity index is 594. The molecule has 0 fully saturated rings. The molecule has 0 spiro atoms. The highest BCUT2D eigenvalue weighted by molar-refractivity contribution is 5.45. The first kappa shape index (κ1) is 13.0. The first-order valence-corrected chi connectivity index (χ1v) is 5.97. The molecule has 0 aliphatic rings. The van der Waals surface area contributed by atoms with E-state index in [2.05, 4.69) is 15.3 Å². The monoisotopic (exact) mass is 261 g/mol. The Hall–Kier alpha value is -2.44. The van der Waals surface area contributed by atoms with Crippen molar-refractivity contribution in [3.63, 3.8) is 0 Å². The third kappa shape index (κ3) is 2.70. The zero-order valence-electron chi connectivity index (χ0n) is 10.8. The second kappa shape index (κ2) is 5.47. The van der Waals surface area contributed by atoms with Gasteiger partial charge in [-0.1, -0.05) is 0 Å². The Kier molecular flexibility index (Phi) is 3.74. The quantitative estimate of drug-likeness (QED) is 0.655. The SMILES string of the molecule is CCn1ccnc1Cc1nc(NC)ccc1[N+](=O)[O-]. The van der Waals surface area contributed by atoms with Gasteiger partial charge < -0.3 is 9.88 Å². The summed E-state index contributed by atoms with van der Waals surface area (Å²) >= 11 is 0. The van der Waals surface area contributed by atoms with Crippen molar-refractivity contribution < 1.29 is 4.92 Å². The largest absolute Gasteiger partial charge is 0.373 e. The Morgan fingerprint density at radius 1 is 1.47 bits per heavy atom. The summed E-state index contributed by atoms with van der Waals surface area (Å²) in [6.07, 6.45) is 3.88. The lowest BCUT2D eigenvalue weighted by Crippen LogP contribution is -2.07. The van der Waals surface area contributed by atoms with Gasteiger partial charge in [-0.3, -0.25) is 10.1 Å². The fourth-order valence-electron chi connectivity index (χ4n) is 1.87. The van der Waals surface area contributed by atoms with Crippen molar-refractivity contribution in [2.24, 2.45) is 0 Å². The molecule has 7 nitrogen and oxygen atoms in total. The van der Waals surface area contributed by atoms with Crippen LogP contribution in [0.3, 0.4) is 0 Å². The number of hydrogen-bond donors (Lipinski definition) is 1. The topological polar surface area (TPSA) is 85.9 Å². The van der Waals surface area contributed by atoms with Crippen LogP contribution in [0.2, 0.25) is 0 Å². The van der Waals surface area contributed by atoms with Gasteiger partial charge in [-0.05, 0) is 13.0 Å². The van der Waals surface area contributed by atoms with Gasteiger partial charge in [0.25, 0.3) is 5.69 Å². The average molecular weight is 261 g/mol. The van der Waals surface area contributed by atoms with Crippen LogP contribution in [-0.2, 0) is 13.0 Å². The molecule has 2 rings (SSSR count). The van der Waals surface area contributed by atoms with Crippen LogP contribution in [0.15, 0.2) is 24.5 Å². The first-order valence-electron chi connectivity index (χ1n) is 5.97. The Labute approximate surface area is 110 Å². The van der Waals surface area contributed by atoms with Gasteiger partial charge in [0.2, 0.25) is 0 Å². The first-order chi connectivity index (χ1) is 9.15. The van der Waals surface area contributed by atoms with E-state index < -0.39 is 4.92 Å². The molecule has 100 valence electrons. The molecule has 0 aliphatic carbocycles. The number of nitro groups is 1. The summed E-state index contributed by atoms with van der Waals surface area (Å²) in [5, 5.41) is 13.9. The molecule has 0 bridgehead atoms. The summed E-state index contributed by atoms with van der Waals surface area (Å²) in [5.74, 6) is 1.38. The molecule has 0 aliphatic heterocycles. The number of nitrogens with one attached hydrogen (secondary N) is 1. The molecule has 0 amide bonds. The van der Waals surface area contributed by atoms with Crippen LogP contribution in [-0.4, -0.2) is 26.5 Å². The molecular weight excluding hydrogens is 246 g/mol. The number of rotatable bonds is 5. The second-order valence-corrected chi connectivity index (χ2v) is 3.98. The van der Waals surface area contributed by atoms with Crippen LogP contribution in [0.5, 0.6) is 0 Å². The number of hydrogen-bond acceptors (Lipinski definition) is 5. The maximum Gasteiger partial charge on any atom is 0.291 e. The summed E-state index contributed by atoms with van der Waals surface area (Å²) < 4.78 is 1.94. The van der Waals surface area contributed by atoms with E-state index in [1.165, 1.54) is 6.07 Å². The van der Waals surface area contributed by atoms with Crippen LogP contribution in [0.4, 0.5) is 11.5 Å². The molecule has 1 N–H and O–H groups in total. The normalized spacial score (nSPS) is 10.4. The molecule has 2 aromatic heterocycles. The van der Waals surface area contributed by atoms with Gasteiger partial charge in [0.15, 0.2) is 0 Å². The van der Waals surface area contributed by atoms with Crippen LogP contribution < -0.4 is 5.32 Å². The van der Waals surface area contributed by atoms with Crippen LogP contribution in [0.25, 0.3) is 0 Å². The summed E-state index contributed by atoms with van der Waals surface area (Å²) in [7, 11) is 1.73. The number of aryl methyl sites for hydroxylation is 1. The second-order valence-electron chi connectivity index (χ2n) is 3.98. The van der Waals surface area contributed by atoms with Crippen molar-refractivity contribution in [1.29, 1.82) is 0 Å². The van der Waals surface area contributed by atoms with Gasteiger partial charge in [-0.25, -0.2) is 9.97 Å². The molecule has 2 heterocycles. The minimum absolute atomic E-state index is 0.0182. The van der Waals surface area contributed by atoms with E-state index in [-0.39, 0.29) is 5.69 Å². The van der Waals surface area contributed by atoms with E-state index in [9.17, 15) is 10.1 Å². The Balaban J connectivity index is 2.39. The average Bonchev–Trinajstić information content (AvgIpc) is 2.85. The Morgan fingerprint density at radius 2 is 2.26 bits per heavy atom. The number of nitrogens with zero attached hydrogens (tertiary/aromatic N) is 4. The minimum atomic E-state index is -0.416. The third-order valence-corrected chi connectivity index (χ3v) is 2.87. The number of anilines is 1. The van der Waals surface area contributed by atoms with Gasteiger partial charge in [-0.15, -0.1) is 0 Å². The lowest BCUT2D eigenvalue weighted by atomic mass is 10.2. The fourth-order valence-corrected chi connectivity index (χ4v) is 1.87. The van der Waals surface area contributed by atoms with Gasteiger partial charge in [0.05, 0.1) is 11.3 Å². The van der Waals surface area contributed by atoms with Gasteiger partial charge in [-0.2, -0.15) is 0 Å². The van der Waals surface area contributed by atoms with Crippen molar-refractivity contribution in [2.45, 2.75) is 19.9 Å². The van der Waals surface area contributed by atoms with Crippen molar-refractivity contribution in [3.05, 3.63) is 46.2 Å². The molecule has 0 saturated heterocycles. The summed E-state index contributed by atoms with van der Waals surface area (Å²) in [6, 6.07) is 3.06. The zero-order valence-corrected chi connectivity index (χ0v) is 10.8. The van der Waals surface area contributed by atoms with Gasteiger partial charge in [0, 0.05) is 32.1 Å². The lowest BCUT2D eigenvalue weighted by Gasteiger charge is -2.06. The molecule has 2 aromatic rings. The smallest absolute Gasteiger partial charge is 0.291 e. The zero-order chi connectivity index (χ0) is 13.8. The van der Waals surface area contributed by atoms with Crippen molar-refractivity contribution >= 4 is 11.5 Å². The van der Waals surface area contributed by atoms with E-state index in [1.807, 2.05) is 17.7 Å². The molecule has 0 saturated carbocycles. The van der Waals surface area contributed by atoms with E-state index in [0.29, 0.717) is 17.9 Å². The molecule has 0 atom stereocenters. The highest BCUT2D eigenvalue weighted by atomic mass is 16.6. The number of aromatic nitrogens is 3. The van der Waals surface area contributed by atoms with E-state index in [1.54, 1.807) is 19.3 Å². The molecule has 7 heteroatoms. The summed E-state index contributed by atoms with van der Waals surface area (Å²) in [5.41, 5.74) is 0.433. The maximum atomic E-state index is 11.0. The summed E-state index contributed by atoms with van der Waals surface area (Å²) in [4.78, 5) is 19.1. The Morgan fingerprint density at radius 3 is 2.89 bits per heavy atom. The number of imidazole rings is 1.